The minimum atomic E-state index is -0.480. The predicted molar refractivity (Wildman–Crippen MR) is 81.5 cm³/mol. The molecule has 0 saturated carbocycles. The summed E-state index contributed by atoms with van der Waals surface area (Å²) in [5.41, 5.74) is 14.2. The van der Waals surface area contributed by atoms with Crippen molar-refractivity contribution < 1.29 is 9.59 Å². The number of rotatable bonds is 2. The highest BCUT2D eigenvalue weighted by Crippen LogP contribution is 2.33. The Balaban J connectivity index is 2.00. The van der Waals surface area contributed by atoms with Crippen LogP contribution in [-0.2, 0) is 6.42 Å². The van der Waals surface area contributed by atoms with Crippen molar-refractivity contribution in [2.75, 3.05) is 5.73 Å². The number of fused-ring (bicyclic) bond motifs is 1. The largest absolute Gasteiger partial charge is 0.368 e. The van der Waals surface area contributed by atoms with Gasteiger partial charge in [0.2, 0.25) is 11.9 Å². The van der Waals surface area contributed by atoms with Gasteiger partial charge in [-0.3, -0.25) is 9.59 Å². The summed E-state index contributed by atoms with van der Waals surface area (Å²) in [6.07, 6.45) is 0.959. The number of nitrogens with two attached hydrogens (primary N) is 2. The van der Waals surface area contributed by atoms with Gasteiger partial charge in [0.1, 0.15) is 0 Å². The van der Waals surface area contributed by atoms with Crippen molar-refractivity contribution in [3.8, 4) is 0 Å². The Morgan fingerprint density at radius 1 is 1.27 bits per heavy atom. The third kappa shape index (κ3) is 2.43. The molecule has 1 aliphatic carbocycles. The molecule has 1 unspecified atom stereocenters. The number of aromatic nitrogens is 2. The van der Waals surface area contributed by atoms with Crippen molar-refractivity contribution in [3.63, 3.8) is 0 Å². The SMILES string of the molecule is Cc1nc(N)nc2c1C(=O)CC(c1cccc(C(N)=O)c1)C2. The number of primary amides is 1. The van der Waals surface area contributed by atoms with Crippen molar-refractivity contribution in [2.45, 2.75) is 25.7 Å². The molecule has 0 bridgehead atoms. The number of ketones is 1. The molecular formula is C16H16N4O2. The zero-order valence-corrected chi connectivity index (χ0v) is 12.2. The van der Waals surface area contributed by atoms with Gasteiger partial charge in [0.05, 0.1) is 17.0 Å². The summed E-state index contributed by atoms with van der Waals surface area (Å²) in [5, 5.41) is 0. The maximum absolute atomic E-state index is 12.4. The first-order valence-corrected chi connectivity index (χ1v) is 7.01. The number of carbonyl (C=O) groups excluding carboxylic acids is 2. The molecule has 0 fully saturated rings. The van der Waals surface area contributed by atoms with Gasteiger partial charge in [0, 0.05) is 12.0 Å². The van der Waals surface area contributed by atoms with Crippen LogP contribution < -0.4 is 11.5 Å². The molecule has 0 saturated heterocycles. The molecule has 1 atom stereocenters. The highest BCUT2D eigenvalue weighted by molar-refractivity contribution is 6.00. The summed E-state index contributed by atoms with van der Waals surface area (Å²) in [5.74, 6) is -0.330. The van der Waals surface area contributed by atoms with E-state index in [0.717, 1.165) is 5.56 Å². The molecule has 0 spiro atoms. The van der Waals surface area contributed by atoms with E-state index in [1.54, 1.807) is 25.1 Å². The van der Waals surface area contributed by atoms with Crippen molar-refractivity contribution >= 4 is 17.6 Å². The maximum atomic E-state index is 12.4. The van der Waals surface area contributed by atoms with E-state index in [9.17, 15) is 9.59 Å². The van der Waals surface area contributed by atoms with E-state index in [2.05, 4.69) is 9.97 Å². The lowest BCUT2D eigenvalue weighted by Gasteiger charge is -2.24. The van der Waals surface area contributed by atoms with Crippen LogP contribution in [0.15, 0.2) is 24.3 Å². The fourth-order valence-electron chi connectivity index (χ4n) is 2.98. The van der Waals surface area contributed by atoms with Crippen LogP contribution in [0, 0.1) is 6.92 Å². The average Bonchev–Trinajstić information content (AvgIpc) is 2.46. The van der Waals surface area contributed by atoms with Crippen LogP contribution in [0.3, 0.4) is 0 Å². The molecule has 2 aromatic rings. The Kier molecular flexibility index (Phi) is 3.36. The van der Waals surface area contributed by atoms with Crippen molar-refractivity contribution in [1.29, 1.82) is 0 Å². The third-order valence-corrected chi connectivity index (χ3v) is 3.98. The van der Waals surface area contributed by atoms with Gasteiger partial charge in [0.25, 0.3) is 0 Å². The number of nitrogens with zero attached hydrogens (tertiary/aromatic N) is 2. The van der Waals surface area contributed by atoms with Gasteiger partial charge in [-0.2, -0.15) is 0 Å². The fraction of sp³-hybridized carbons (Fsp3) is 0.250. The van der Waals surface area contributed by atoms with Crippen molar-refractivity contribution in [1.82, 2.24) is 9.97 Å². The average molecular weight is 296 g/mol. The molecule has 1 heterocycles. The Morgan fingerprint density at radius 3 is 2.77 bits per heavy atom. The zero-order valence-electron chi connectivity index (χ0n) is 12.2. The Hall–Kier alpha value is -2.76. The molecule has 6 nitrogen and oxygen atoms in total. The van der Waals surface area contributed by atoms with Gasteiger partial charge < -0.3 is 11.5 Å². The summed E-state index contributed by atoms with van der Waals surface area (Å²) >= 11 is 0. The van der Waals surface area contributed by atoms with Gasteiger partial charge in [0.15, 0.2) is 5.78 Å². The van der Waals surface area contributed by atoms with E-state index in [-0.39, 0.29) is 17.6 Å². The fourth-order valence-corrected chi connectivity index (χ4v) is 2.98. The second-order valence-corrected chi connectivity index (χ2v) is 5.51. The first-order chi connectivity index (χ1) is 10.5. The number of Topliss-reactive ketones (excluding diaryl/α,β-unsaturated/α-hetero) is 1. The number of hydrogen-bond acceptors (Lipinski definition) is 5. The van der Waals surface area contributed by atoms with E-state index in [0.29, 0.717) is 35.4 Å². The van der Waals surface area contributed by atoms with Crippen LogP contribution in [0.2, 0.25) is 0 Å². The summed E-state index contributed by atoms with van der Waals surface area (Å²) in [6, 6.07) is 7.07. The molecule has 1 aromatic carbocycles. The summed E-state index contributed by atoms with van der Waals surface area (Å²) in [6.45, 7) is 1.77. The lowest BCUT2D eigenvalue weighted by molar-refractivity contribution is 0.0961. The quantitative estimate of drug-likeness (QED) is 0.869. The maximum Gasteiger partial charge on any atom is 0.248 e. The van der Waals surface area contributed by atoms with Crippen molar-refractivity contribution in [2.24, 2.45) is 5.73 Å². The summed E-state index contributed by atoms with van der Waals surface area (Å²) in [4.78, 5) is 32.0. The molecule has 1 aromatic heterocycles. The first-order valence-electron chi connectivity index (χ1n) is 7.01. The van der Waals surface area contributed by atoms with Crippen LogP contribution in [-0.4, -0.2) is 21.7 Å². The Bertz CT molecular complexity index is 786. The van der Waals surface area contributed by atoms with Gasteiger partial charge in [-0.15, -0.1) is 0 Å². The molecule has 112 valence electrons. The lowest BCUT2D eigenvalue weighted by Crippen LogP contribution is -2.23. The molecule has 0 aliphatic heterocycles. The summed E-state index contributed by atoms with van der Waals surface area (Å²) in [7, 11) is 0. The topological polar surface area (TPSA) is 112 Å². The van der Waals surface area contributed by atoms with Gasteiger partial charge in [-0.25, -0.2) is 9.97 Å². The van der Waals surface area contributed by atoms with Crippen LogP contribution >= 0.6 is 0 Å². The minimum absolute atomic E-state index is 0.00762. The first kappa shape index (κ1) is 14.2. The number of aryl methyl sites for hydroxylation is 1. The number of nitrogen functional groups attached to an aromatic ring is 1. The molecule has 1 aliphatic rings. The zero-order chi connectivity index (χ0) is 15.9. The molecule has 0 radical (unpaired) electrons. The number of carbonyl (C=O) groups is 2. The van der Waals surface area contributed by atoms with Crippen LogP contribution in [0.25, 0.3) is 0 Å². The number of amides is 1. The molecule has 22 heavy (non-hydrogen) atoms. The smallest absolute Gasteiger partial charge is 0.248 e. The monoisotopic (exact) mass is 296 g/mol. The highest BCUT2D eigenvalue weighted by atomic mass is 16.1. The summed E-state index contributed by atoms with van der Waals surface area (Å²) < 4.78 is 0. The second-order valence-electron chi connectivity index (χ2n) is 5.51. The molecule has 6 heteroatoms. The lowest BCUT2D eigenvalue weighted by atomic mass is 9.81. The minimum Gasteiger partial charge on any atom is -0.368 e. The molecule has 1 amide bonds. The highest BCUT2D eigenvalue weighted by Gasteiger charge is 2.29. The molecule has 3 rings (SSSR count). The number of anilines is 1. The third-order valence-electron chi connectivity index (χ3n) is 3.98. The van der Waals surface area contributed by atoms with Crippen LogP contribution in [0.4, 0.5) is 5.95 Å². The normalized spacial score (nSPS) is 17.1. The van der Waals surface area contributed by atoms with E-state index in [1.807, 2.05) is 6.07 Å². The van der Waals surface area contributed by atoms with Gasteiger partial charge in [-0.05, 0) is 37.0 Å². The standard InChI is InChI=1S/C16H16N4O2/c1-8-14-12(20-16(18)19-8)6-11(7-13(14)21)9-3-2-4-10(5-9)15(17)22/h2-5,11H,6-7H2,1H3,(H2,17,22)(H2,18,19,20). The van der Waals surface area contributed by atoms with Crippen molar-refractivity contribution in [3.05, 3.63) is 52.3 Å². The van der Waals surface area contributed by atoms with E-state index < -0.39 is 5.91 Å². The van der Waals surface area contributed by atoms with E-state index >= 15 is 0 Å². The number of hydrogen-bond donors (Lipinski definition) is 2. The molecule has 4 N–H and O–H groups in total. The van der Waals surface area contributed by atoms with E-state index in [1.165, 1.54) is 0 Å². The van der Waals surface area contributed by atoms with Gasteiger partial charge >= 0.3 is 0 Å². The molecular weight excluding hydrogens is 280 g/mol. The Labute approximate surface area is 127 Å². The van der Waals surface area contributed by atoms with E-state index in [4.69, 9.17) is 11.5 Å². The predicted octanol–water partition coefficient (Wildman–Crippen LogP) is 1.38. The van der Waals surface area contributed by atoms with Gasteiger partial charge in [-0.1, -0.05) is 12.1 Å². The Morgan fingerprint density at radius 2 is 2.05 bits per heavy atom. The number of benzene rings is 1. The second kappa shape index (κ2) is 5.22. The van der Waals surface area contributed by atoms with Crippen LogP contribution in [0.5, 0.6) is 0 Å². The van der Waals surface area contributed by atoms with Crippen LogP contribution in [0.1, 0.15) is 50.0 Å².